The number of non-ortho nitro benzene ring substituents is 1. The molecule has 0 bridgehead atoms. The number of nitrogens with zero attached hydrogens (tertiary/aromatic N) is 1. The van der Waals surface area contributed by atoms with Crippen molar-refractivity contribution in [3.8, 4) is 0 Å². The average Bonchev–Trinajstić information content (AvgIpc) is 2.57. The highest BCUT2D eigenvalue weighted by Crippen LogP contribution is 2.28. The number of anilines is 2. The van der Waals surface area contributed by atoms with E-state index in [9.17, 15) is 19.7 Å². The lowest BCUT2D eigenvalue weighted by atomic mass is 10.2. The van der Waals surface area contributed by atoms with E-state index < -0.39 is 10.2 Å². The van der Waals surface area contributed by atoms with Gasteiger partial charge in [0.1, 0.15) is 0 Å². The topological polar surface area (TPSA) is 101 Å². The standard InChI is InChI=1S/C17H16ClN3O4S/c1-10(26-14-6-4-13(5-7-14)21(24)25)17(23)20-12-3-8-16(15(18)9-12)19-11(2)22/h3-10H,1-2H3,(H,19,22)(H,20,23). The van der Waals surface area contributed by atoms with Gasteiger partial charge in [-0.25, -0.2) is 0 Å². The van der Waals surface area contributed by atoms with Crippen LogP contribution in [-0.4, -0.2) is 22.0 Å². The maximum atomic E-state index is 12.3. The quantitative estimate of drug-likeness (QED) is 0.432. The zero-order valence-electron chi connectivity index (χ0n) is 14.0. The first-order chi connectivity index (χ1) is 12.3. The minimum atomic E-state index is -0.473. The number of nitro groups is 1. The maximum Gasteiger partial charge on any atom is 0.269 e. The van der Waals surface area contributed by atoms with Gasteiger partial charge >= 0.3 is 0 Å². The Kier molecular flexibility index (Phi) is 6.59. The monoisotopic (exact) mass is 393 g/mol. The molecule has 2 aromatic rings. The van der Waals surface area contributed by atoms with Crippen LogP contribution in [0.3, 0.4) is 0 Å². The van der Waals surface area contributed by atoms with E-state index in [1.54, 1.807) is 37.3 Å². The zero-order chi connectivity index (χ0) is 19.3. The van der Waals surface area contributed by atoms with E-state index in [-0.39, 0.29) is 17.5 Å². The Hall–Kier alpha value is -2.58. The predicted molar refractivity (Wildman–Crippen MR) is 103 cm³/mol. The number of carbonyl (C=O) groups is 2. The predicted octanol–water partition coefficient (Wildman–Crippen LogP) is 4.33. The molecule has 2 N–H and O–H groups in total. The van der Waals surface area contributed by atoms with Crippen molar-refractivity contribution >= 4 is 52.2 Å². The lowest BCUT2D eigenvalue weighted by Crippen LogP contribution is -2.22. The first kappa shape index (κ1) is 19.7. The second-order valence-corrected chi connectivity index (χ2v) is 7.20. The van der Waals surface area contributed by atoms with Gasteiger partial charge in [0.2, 0.25) is 11.8 Å². The Labute approximate surface area is 159 Å². The third kappa shape index (κ3) is 5.47. The Morgan fingerprint density at radius 3 is 2.35 bits per heavy atom. The number of thioether (sulfide) groups is 1. The fourth-order valence-electron chi connectivity index (χ4n) is 2.03. The van der Waals surface area contributed by atoms with E-state index in [1.807, 2.05) is 0 Å². The van der Waals surface area contributed by atoms with Gasteiger partial charge in [-0.05, 0) is 37.3 Å². The van der Waals surface area contributed by atoms with Gasteiger partial charge in [0.15, 0.2) is 0 Å². The van der Waals surface area contributed by atoms with Crippen LogP contribution in [0.5, 0.6) is 0 Å². The highest BCUT2D eigenvalue weighted by atomic mass is 35.5. The van der Waals surface area contributed by atoms with Crippen LogP contribution >= 0.6 is 23.4 Å². The van der Waals surface area contributed by atoms with Crippen LogP contribution in [-0.2, 0) is 9.59 Å². The first-order valence-corrected chi connectivity index (χ1v) is 8.81. The van der Waals surface area contributed by atoms with Crippen LogP contribution in [0.1, 0.15) is 13.8 Å². The van der Waals surface area contributed by atoms with Gasteiger partial charge in [0, 0.05) is 29.6 Å². The number of hydrogen-bond acceptors (Lipinski definition) is 5. The van der Waals surface area contributed by atoms with Crippen molar-refractivity contribution in [3.05, 3.63) is 57.6 Å². The van der Waals surface area contributed by atoms with Crippen molar-refractivity contribution in [2.24, 2.45) is 0 Å². The van der Waals surface area contributed by atoms with Gasteiger partial charge in [0.25, 0.3) is 5.69 Å². The molecule has 0 saturated heterocycles. The van der Waals surface area contributed by atoms with E-state index in [4.69, 9.17) is 11.6 Å². The van der Waals surface area contributed by atoms with E-state index in [2.05, 4.69) is 10.6 Å². The van der Waals surface area contributed by atoms with E-state index in [1.165, 1.54) is 30.8 Å². The van der Waals surface area contributed by atoms with Gasteiger partial charge in [0.05, 0.1) is 20.9 Å². The molecule has 0 fully saturated rings. The molecule has 1 unspecified atom stereocenters. The van der Waals surface area contributed by atoms with Crippen molar-refractivity contribution in [2.75, 3.05) is 10.6 Å². The molecule has 136 valence electrons. The fraction of sp³-hybridized carbons (Fsp3) is 0.176. The molecular weight excluding hydrogens is 378 g/mol. The van der Waals surface area contributed by atoms with Crippen molar-refractivity contribution in [2.45, 2.75) is 24.0 Å². The number of hydrogen-bond donors (Lipinski definition) is 2. The van der Waals surface area contributed by atoms with Crippen molar-refractivity contribution in [3.63, 3.8) is 0 Å². The summed E-state index contributed by atoms with van der Waals surface area (Å²) >= 11 is 7.36. The summed E-state index contributed by atoms with van der Waals surface area (Å²) < 4.78 is 0. The molecule has 26 heavy (non-hydrogen) atoms. The summed E-state index contributed by atoms with van der Waals surface area (Å²) in [6.45, 7) is 3.11. The lowest BCUT2D eigenvalue weighted by Gasteiger charge is -2.13. The number of halogens is 1. The molecule has 0 saturated carbocycles. The lowest BCUT2D eigenvalue weighted by molar-refractivity contribution is -0.384. The van der Waals surface area contributed by atoms with Gasteiger partial charge in [-0.2, -0.15) is 0 Å². The van der Waals surface area contributed by atoms with E-state index >= 15 is 0 Å². The summed E-state index contributed by atoms with van der Waals surface area (Å²) in [5.74, 6) is -0.478. The molecule has 0 heterocycles. The molecule has 7 nitrogen and oxygen atoms in total. The molecule has 1 atom stereocenters. The van der Waals surface area contributed by atoms with Crippen molar-refractivity contribution < 1.29 is 14.5 Å². The Morgan fingerprint density at radius 1 is 1.15 bits per heavy atom. The van der Waals surface area contributed by atoms with E-state index in [0.717, 1.165) is 4.90 Å². The van der Waals surface area contributed by atoms with Crippen molar-refractivity contribution in [1.29, 1.82) is 0 Å². The number of amides is 2. The molecule has 2 aromatic carbocycles. The molecule has 0 radical (unpaired) electrons. The highest BCUT2D eigenvalue weighted by Gasteiger charge is 2.16. The zero-order valence-corrected chi connectivity index (χ0v) is 15.6. The number of nitro benzene ring substituents is 1. The summed E-state index contributed by atoms with van der Waals surface area (Å²) in [7, 11) is 0. The molecule has 0 aromatic heterocycles. The minimum Gasteiger partial charge on any atom is -0.325 e. The minimum absolute atomic E-state index is 0.000330. The van der Waals surface area contributed by atoms with Crippen LogP contribution < -0.4 is 10.6 Å². The SMILES string of the molecule is CC(=O)Nc1ccc(NC(=O)C(C)Sc2ccc([N+](=O)[O-])cc2)cc1Cl. The normalized spacial score (nSPS) is 11.5. The van der Waals surface area contributed by atoms with Gasteiger partial charge in [-0.15, -0.1) is 11.8 Å². The third-order valence-corrected chi connectivity index (χ3v) is 4.70. The molecule has 0 aliphatic carbocycles. The number of nitrogens with one attached hydrogen (secondary N) is 2. The fourth-order valence-corrected chi connectivity index (χ4v) is 3.13. The molecular formula is C17H16ClN3O4S. The average molecular weight is 394 g/mol. The first-order valence-electron chi connectivity index (χ1n) is 7.55. The van der Waals surface area contributed by atoms with Gasteiger partial charge in [-0.1, -0.05) is 11.6 Å². The highest BCUT2D eigenvalue weighted by molar-refractivity contribution is 8.00. The Balaban J connectivity index is 1.99. The molecule has 9 heteroatoms. The summed E-state index contributed by atoms with van der Waals surface area (Å²) in [5.41, 5.74) is 0.969. The second-order valence-electron chi connectivity index (χ2n) is 5.38. The largest absolute Gasteiger partial charge is 0.325 e. The van der Waals surface area contributed by atoms with Crippen LogP contribution in [0.4, 0.5) is 17.1 Å². The second kappa shape index (κ2) is 8.68. The molecule has 0 aliphatic rings. The third-order valence-electron chi connectivity index (χ3n) is 3.28. The van der Waals surface area contributed by atoms with Crippen LogP contribution in [0.25, 0.3) is 0 Å². The number of rotatable bonds is 6. The molecule has 0 aliphatic heterocycles. The molecule has 0 spiro atoms. The summed E-state index contributed by atoms with van der Waals surface area (Å²) in [4.78, 5) is 34.3. The van der Waals surface area contributed by atoms with E-state index in [0.29, 0.717) is 16.4 Å². The Bertz CT molecular complexity index is 842. The van der Waals surface area contributed by atoms with Gasteiger partial charge in [-0.3, -0.25) is 19.7 Å². The Morgan fingerprint density at radius 2 is 1.81 bits per heavy atom. The van der Waals surface area contributed by atoms with Crippen molar-refractivity contribution in [1.82, 2.24) is 0 Å². The van der Waals surface area contributed by atoms with Crippen LogP contribution in [0.2, 0.25) is 5.02 Å². The molecule has 2 amide bonds. The number of carbonyl (C=O) groups excluding carboxylic acids is 2. The summed E-state index contributed by atoms with van der Waals surface area (Å²) in [6, 6.07) is 10.8. The summed E-state index contributed by atoms with van der Waals surface area (Å²) in [6.07, 6.45) is 0. The smallest absolute Gasteiger partial charge is 0.269 e. The van der Waals surface area contributed by atoms with Crippen LogP contribution in [0, 0.1) is 10.1 Å². The number of benzene rings is 2. The molecule has 2 rings (SSSR count). The van der Waals surface area contributed by atoms with Gasteiger partial charge < -0.3 is 10.6 Å². The van der Waals surface area contributed by atoms with Crippen LogP contribution in [0.15, 0.2) is 47.4 Å². The maximum absolute atomic E-state index is 12.3. The summed E-state index contributed by atoms with van der Waals surface area (Å²) in [5, 5.41) is 15.9.